The van der Waals surface area contributed by atoms with Crippen molar-refractivity contribution in [2.75, 3.05) is 25.5 Å². The summed E-state index contributed by atoms with van der Waals surface area (Å²) < 4.78 is 1.04. The van der Waals surface area contributed by atoms with Gasteiger partial charge < -0.3 is 10.2 Å². The van der Waals surface area contributed by atoms with E-state index in [4.69, 9.17) is 21.6 Å². The van der Waals surface area contributed by atoms with E-state index in [2.05, 4.69) is 33.2 Å². The lowest BCUT2D eigenvalue weighted by Crippen LogP contribution is -2.32. The molecule has 5 rings (SSSR count). The molecular weight excluding hydrogens is 472 g/mol. The maximum Gasteiger partial charge on any atom is 0.162 e. The zero-order chi connectivity index (χ0) is 21.4. The fraction of sp³-hybridized carbons (Fsp3) is 0.440. The maximum absolute atomic E-state index is 6.27. The van der Waals surface area contributed by atoms with Crippen LogP contribution >= 0.6 is 27.5 Å². The van der Waals surface area contributed by atoms with E-state index in [1.54, 1.807) is 0 Å². The lowest BCUT2D eigenvalue weighted by molar-refractivity contribution is 0.205. The molecule has 1 aromatic heterocycles. The van der Waals surface area contributed by atoms with E-state index in [0.29, 0.717) is 5.02 Å². The third-order valence-electron chi connectivity index (χ3n) is 7.04. The van der Waals surface area contributed by atoms with Crippen LogP contribution in [0, 0.1) is 11.8 Å². The number of nitrogens with zero attached hydrogens (tertiary/aromatic N) is 3. The zero-order valence-electron chi connectivity index (χ0n) is 17.8. The topological polar surface area (TPSA) is 41.0 Å². The van der Waals surface area contributed by atoms with Crippen molar-refractivity contribution in [2.45, 2.75) is 38.1 Å². The number of anilines is 1. The Morgan fingerprint density at radius 3 is 2.74 bits per heavy atom. The number of fused-ring (bicyclic) bond motifs is 2. The van der Waals surface area contributed by atoms with Crippen molar-refractivity contribution in [1.82, 2.24) is 14.9 Å². The van der Waals surface area contributed by atoms with E-state index in [1.807, 2.05) is 42.5 Å². The molecule has 2 fully saturated rings. The van der Waals surface area contributed by atoms with Crippen molar-refractivity contribution >= 4 is 44.3 Å². The molecule has 1 saturated heterocycles. The molecule has 4 nitrogen and oxygen atoms in total. The van der Waals surface area contributed by atoms with Gasteiger partial charge in [0.2, 0.25) is 0 Å². The van der Waals surface area contributed by atoms with Crippen molar-refractivity contribution in [3.8, 4) is 11.4 Å². The Labute approximate surface area is 197 Å². The summed E-state index contributed by atoms with van der Waals surface area (Å²) in [6.45, 7) is 2.15. The van der Waals surface area contributed by atoms with Gasteiger partial charge in [0.1, 0.15) is 5.82 Å². The minimum Gasteiger partial charge on any atom is -0.369 e. The van der Waals surface area contributed by atoms with Crippen LogP contribution in [-0.2, 0) is 0 Å². The normalized spacial score (nSPS) is 23.8. The van der Waals surface area contributed by atoms with Crippen LogP contribution in [0.1, 0.15) is 32.1 Å². The van der Waals surface area contributed by atoms with Gasteiger partial charge >= 0.3 is 0 Å². The number of benzene rings is 2. The van der Waals surface area contributed by atoms with Gasteiger partial charge in [-0.2, -0.15) is 0 Å². The van der Waals surface area contributed by atoms with Crippen LogP contribution in [0.25, 0.3) is 22.3 Å². The van der Waals surface area contributed by atoms with Crippen LogP contribution < -0.4 is 5.32 Å². The second kappa shape index (κ2) is 9.05. The Balaban J connectivity index is 1.38. The van der Waals surface area contributed by atoms with Gasteiger partial charge in [0.05, 0.1) is 5.52 Å². The summed E-state index contributed by atoms with van der Waals surface area (Å²) in [6.07, 6.45) is 6.73. The van der Waals surface area contributed by atoms with Crippen LogP contribution in [0.2, 0.25) is 5.02 Å². The first-order valence-corrected chi connectivity index (χ1v) is 12.4. The lowest BCUT2D eigenvalue weighted by atomic mass is 9.78. The molecular formula is C25H28BrClN4. The predicted molar refractivity (Wildman–Crippen MR) is 133 cm³/mol. The molecule has 3 unspecified atom stereocenters. The van der Waals surface area contributed by atoms with Gasteiger partial charge in [-0.25, -0.2) is 9.97 Å². The summed E-state index contributed by atoms with van der Waals surface area (Å²) in [4.78, 5) is 12.3. The molecule has 1 N–H and O–H groups in total. The zero-order valence-corrected chi connectivity index (χ0v) is 20.2. The molecule has 2 aliphatic rings. The van der Waals surface area contributed by atoms with Crippen molar-refractivity contribution in [2.24, 2.45) is 11.8 Å². The predicted octanol–water partition coefficient (Wildman–Crippen LogP) is 6.64. The second-order valence-corrected chi connectivity index (χ2v) is 10.3. The molecule has 6 heteroatoms. The molecule has 3 aromatic rings. The average molecular weight is 500 g/mol. The highest BCUT2D eigenvalue weighted by atomic mass is 79.9. The number of rotatable bonds is 5. The first kappa shape index (κ1) is 21.2. The molecule has 162 valence electrons. The molecule has 2 aromatic carbocycles. The second-order valence-electron chi connectivity index (χ2n) is 8.99. The molecule has 1 aliphatic heterocycles. The Morgan fingerprint density at radius 2 is 1.90 bits per heavy atom. The smallest absolute Gasteiger partial charge is 0.162 e. The number of hydrogen-bond acceptors (Lipinski definition) is 4. The highest BCUT2D eigenvalue weighted by Crippen LogP contribution is 2.40. The van der Waals surface area contributed by atoms with E-state index < -0.39 is 0 Å². The number of hydrogen-bond donors (Lipinski definition) is 1. The van der Waals surface area contributed by atoms with Crippen LogP contribution in [0.15, 0.2) is 46.9 Å². The Hall–Kier alpha value is -1.69. The van der Waals surface area contributed by atoms with Crippen molar-refractivity contribution < 1.29 is 0 Å². The highest BCUT2D eigenvalue weighted by Gasteiger charge is 2.40. The molecule has 0 amide bonds. The van der Waals surface area contributed by atoms with Crippen LogP contribution in [0.4, 0.5) is 5.82 Å². The van der Waals surface area contributed by atoms with Gasteiger partial charge in [0.15, 0.2) is 5.82 Å². The van der Waals surface area contributed by atoms with Gasteiger partial charge in [0.25, 0.3) is 0 Å². The third-order valence-corrected chi connectivity index (χ3v) is 7.81. The third kappa shape index (κ3) is 4.46. The number of halogens is 2. The van der Waals surface area contributed by atoms with Crippen LogP contribution in [0.3, 0.4) is 0 Å². The summed E-state index contributed by atoms with van der Waals surface area (Å²) in [7, 11) is 2.31. The highest BCUT2D eigenvalue weighted by molar-refractivity contribution is 9.10. The fourth-order valence-corrected chi connectivity index (χ4v) is 5.96. The monoisotopic (exact) mass is 498 g/mol. The average Bonchev–Trinajstić information content (AvgIpc) is 3.09. The van der Waals surface area contributed by atoms with E-state index in [-0.39, 0.29) is 0 Å². The number of likely N-dealkylation sites (tertiary alicyclic amines) is 1. The first-order valence-electron chi connectivity index (χ1n) is 11.3. The molecule has 1 aliphatic carbocycles. The minimum atomic E-state index is 0.691. The molecule has 31 heavy (non-hydrogen) atoms. The quantitative estimate of drug-likeness (QED) is 0.427. The van der Waals surface area contributed by atoms with E-state index in [0.717, 1.165) is 57.0 Å². The van der Waals surface area contributed by atoms with Gasteiger partial charge in [-0.3, -0.25) is 0 Å². The molecule has 1 saturated carbocycles. The van der Waals surface area contributed by atoms with E-state index in [9.17, 15) is 0 Å². The minimum absolute atomic E-state index is 0.691. The van der Waals surface area contributed by atoms with Gasteiger partial charge in [-0.15, -0.1) is 0 Å². The Morgan fingerprint density at radius 1 is 1.10 bits per heavy atom. The van der Waals surface area contributed by atoms with Gasteiger partial charge in [-0.1, -0.05) is 52.5 Å². The van der Waals surface area contributed by atoms with Gasteiger partial charge in [-0.05, 0) is 68.5 Å². The summed E-state index contributed by atoms with van der Waals surface area (Å²) in [5.74, 6) is 3.25. The molecule has 0 bridgehead atoms. The van der Waals surface area contributed by atoms with Crippen molar-refractivity contribution in [3.05, 3.63) is 52.0 Å². The summed E-state index contributed by atoms with van der Waals surface area (Å²) >= 11 is 9.77. The molecule has 3 atom stereocenters. The molecule has 0 spiro atoms. The van der Waals surface area contributed by atoms with E-state index in [1.165, 1.54) is 38.6 Å². The SMILES string of the molecule is CN1CC(CCNc2nc(-c3ccc(Br)cc3)nc3cc(Cl)ccc23)C2CCCCC21. The lowest BCUT2D eigenvalue weighted by Gasteiger charge is -2.31. The van der Waals surface area contributed by atoms with Crippen LogP contribution in [0.5, 0.6) is 0 Å². The fourth-order valence-electron chi connectivity index (χ4n) is 5.52. The Bertz CT molecular complexity index is 1070. The summed E-state index contributed by atoms with van der Waals surface area (Å²) in [6, 6.07) is 14.8. The summed E-state index contributed by atoms with van der Waals surface area (Å²) in [5, 5.41) is 5.35. The largest absolute Gasteiger partial charge is 0.369 e. The number of nitrogens with one attached hydrogen (secondary N) is 1. The van der Waals surface area contributed by atoms with Crippen LogP contribution in [-0.4, -0.2) is 41.0 Å². The molecule has 2 heterocycles. The molecule has 0 radical (unpaired) electrons. The first-order chi connectivity index (χ1) is 15.1. The summed E-state index contributed by atoms with van der Waals surface area (Å²) in [5.41, 5.74) is 1.87. The number of aromatic nitrogens is 2. The van der Waals surface area contributed by atoms with Crippen molar-refractivity contribution in [3.63, 3.8) is 0 Å². The maximum atomic E-state index is 6.27. The van der Waals surface area contributed by atoms with Crippen molar-refractivity contribution in [1.29, 1.82) is 0 Å². The van der Waals surface area contributed by atoms with Gasteiger partial charge in [0, 0.05) is 39.6 Å². The van der Waals surface area contributed by atoms with E-state index >= 15 is 0 Å². The Kier molecular flexibility index (Phi) is 6.18. The standard InChI is InChI=1S/C25H28BrClN4/c1-31-15-17(20-4-2-3-5-23(20)31)12-13-28-25-21-11-10-19(27)14-22(21)29-24(30-25)16-6-8-18(26)9-7-16/h6-11,14,17,20,23H,2-5,12-13,15H2,1H3,(H,28,29,30).